The maximum atomic E-state index is 11.8. The zero-order valence-corrected chi connectivity index (χ0v) is 11.2. The van der Waals surface area contributed by atoms with Gasteiger partial charge in [-0.2, -0.15) is 0 Å². The molecule has 2 N–H and O–H groups in total. The van der Waals surface area contributed by atoms with Crippen molar-refractivity contribution in [3.8, 4) is 0 Å². The summed E-state index contributed by atoms with van der Waals surface area (Å²) in [6.45, 7) is 3.12. The van der Waals surface area contributed by atoms with Gasteiger partial charge in [-0.3, -0.25) is 4.79 Å². The normalized spacial score (nSPS) is 19.9. The van der Waals surface area contributed by atoms with Crippen LogP contribution < -0.4 is 10.9 Å². The molecule has 2 aromatic rings. The second-order valence-corrected chi connectivity index (χ2v) is 5.26. The van der Waals surface area contributed by atoms with E-state index in [4.69, 9.17) is 9.47 Å². The fourth-order valence-corrected chi connectivity index (χ4v) is 2.74. The Labute approximate surface area is 113 Å². The minimum Gasteiger partial charge on any atom is -0.376 e. The third kappa shape index (κ3) is 3.01. The van der Waals surface area contributed by atoms with E-state index < -0.39 is 0 Å². The molecule has 102 valence electrons. The Morgan fingerprint density at radius 2 is 2.47 bits per heavy atom. The van der Waals surface area contributed by atoms with Gasteiger partial charge >= 0.3 is 0 Å². The number of thiophene rings is 1. The Morgan fingerprint density at radius 1 is 1.53 bits per heavy atom. The average Bonchev–Trinajstić information content (AvgIpc) is 2.89. The summed E-state index contributed by atoms with van der Waals surface area (Å²) in [4.78, 5) is 19.0. The molecule has 2 aromatic heterocycles. The molecule has 1 aliphatic heterocycles. The van der Waals surface area contributed by atoms with E-state index in [1.54, 1.807) is 0 Å². The number of ether oxygens (including phenoxy) is 2. The predicted octanol–water partition coefficient (Wildman–Crippen LogP) is 0.490. The fraction of sp³-hybridized carbons (Fsp3) is 0.500. The highest BCUT2D eigenvalue weighted by Crippen LogP contribution is 2.13. The number of hydrogen-bond acceptors (Lipinski definition) is 6. The van der Waals surface area contributed by atoms with E-state index in [9.17, 15) is 4.79 Å². The molecule has 0 saturated carbocycles. The lowest BCUT2D eigenvalue weighted by Gasteiger charge is -2.23. The Bertz CT molecular complexity index is 604. The van der Waals surface area contributed by atoms with Gasteiger partial charge in [0.05, 0.1) is 38.0 Å². The first-order valence-electron chi connectivity index (χ1n) is 6.19. The van der Waals surface area contributed by atoms with Gasteiger partial charge in [-0.25, -0.2) is 4.98 Å². The van der Waals surface area contributed by atoms with Crippen molar-refractivity contribution in [2.75, 3.05) is 26.4 Å². The molecule has 1 unspecified atom stereocenters. The van der Waals surface area contributed by atoms with Crippen molar-refractivity contribution < 1.29 is 9.47 Å². The first-order chi connectivity index (χ1) is 9.33. The molecular weight excluding hydrogens is 266 g/mol. The van der Waals surface area contributed by atoms with Crippen LogP contribution in [0.3, 0.4) is 0 Å². The van der Waals surface area contributed by atoms with Crippen LogP contribution in [0, 0.1) is 0 Å². The third-order valence-electron chi connectivity index (χ3n) is 2.91. The van der Waals surface area contributed by atoms with Gasteiger partial charge in [0.25, 0.3) is 5.56 Å². The topological polar surface area (TPSA) is 76.2 Å². The maximum absolute atomic E-state index is 11.8. The van der Waals surface area contributed by atoms with Crippen LogP contribution in [0.2, 0.25) is 0 Å². The second kappa shape index (κ2) is 5.79. The van der Waals surface area contributed by atoms with E-state index in [0.29, 0.717) is 43.4 Å². The Hall–Kier alpha value is -1.28. The second-order valence-electron chi connectivity index (χ2n) is 4.35. The van der Waals surface area contributed by atoms with Gasteiger partial charge in [0.15, 0.2) is 0 Å². The maximum Gasteiger partial charge on any atom is 0.268 e. The van der Waals surface area contributed by atoms with E-state index in [1.807, 2.05) is 11.4 Å². The van der Waals surface area contributed by atoms with Gasteiger partial charge < -0.3 is 19.8 Å². The molecule has 1 fully saturated rings. The zero-order valence-electron chi connectivity index (χ0n) is 10.3. The number of hydrogen-bond donors (Lipinski definition) is 2. The summed E-state index contributed by atoms with van der Waals surface area (Å²) in [5.74, 6) is 0.646. The number of aromatic nitrogens is 2. The molecule has 0 bridgehead atoms. The molecule has 0 amide bonds. The summed E-state index contributed by atoms with van der Waals surface area (Å²) in [5, 5.41) is 5.09. The molecular formula is C12H15N3O3S. The van der Waals surface area contributed by atoms with Crippen molar-refractivity contribution in [2.45, 2.75) is 12.6 Å². The summed E-state index contributed by atoms with van der Waals surface area (Å²) in [7, 11) is 0. The summed E-state index contributed by atoms with van der Waals surface area (Å²) in [5.41, 5.74) is 0.678. The van der Waals surface area contributed by atoms with Gasteiger partial charge in [-0.15, -0.1) is 11.3 Å². The van der Waals surface area contributed by atoms with Gasteiger partial charge in [-0.1, -0.05) is 0 Å². The quantitative estimate of drug-likeness (QED) is 0.853. The minimum absolute atomic E-state index is 0.0744. The zero-order chi connectivity index (χ0) is 13.1. The predicted molar refractivity (Wildman–Crippen MR) is 72.5 cm³/mol. The van der Waals surface area contributed by atoms with Crippen LogP contribution in [0.1, 0.15) is 5.82 Å². The van der Waals surface area contributed by atoms with Gasteiger partial charge in [0.1, 0.15) is 10.5 Å². The molecule has 1 aliphatic rings. The number of nitrogens with zero attached hydrogens (tertiary/aromatic N) is 1. The van der Waals surface area contributed by atoms with E-state index >= 15 is 0 Å². The van der Waals surface area contributed by atoms with E-state index in [2.05, 4.69) is 15.3 Å². The number of aromatic amines is 1. The van der Waals surface area contributed by atoms with Crippen LogP contribution in [0.15, 0.2) is 16.2 Å². The van der Waals surface area contributed by atoms with Crippen LogP contribution in [-0.4, -0.2) is 42.4 Å². The van der Waals surface area contributed by atoms with E-state index in [-0.39, 0.29) is 11.7 Å². The lowest BCUT2D eigenvalue weighted by Crippen LogP contribution is -2.37. The minimum atomic E-state index is -0.0750. The molecule has 1 saturated heterocycles. The van der Waals surface area contributed by atoms with Crippen LogP contribution in [0.5, 0.6) is 0 Å². The molecule has 0 aromatic carbocycles. The molecule has 7 heteroatoms. The van der Waals surface area contributed by atoms with Crippen LogP contribution in [-0.2, 0) is 16.0 Å². The largest absolute Gasteiger partial charge is 0.376 e. The van der Waals surface area contributed by atoms with Crippen molar-refractivity contribution in [1.82, 2.24) is 15.3 Å². The first kappa shape index (κ1) is 12.7. The summed E-state index contributed by atoms with van der Waals surface area (Å²) >= 11 is 1.41. The fourth-order valence-electron chi connectivity index (χ4n) is 2.01. The molecule has 0 aliphatic carbocycles. The van der Waals surface area contributed by atoms with Gasteiger partial charge in [-0.05, 0) is 11.4 Å². The molecule has 3 heterocycles. The molecule has 19 heavy (non-hydrogen) atoms. The molecule has 1 atom stereocenters. The molecule has 6 nitrogen and oxygen atoms in total. The lowest BCUT2D eigenvalue weighted by atomic mass is 10.3. The van der Waals surface area contributed by atoms with Crippen molar-refractivity contribution in [2.24, 2.45) is 0 Å². The number of fused-ring (bicyclic) bond motifs is 1. The summed E-state index contributed by atoms with van der Waals surface area (Å²) in [6.07, 6.45) is 0.0744. The van der Waals surface area contributed by atoms with Crippen molar-refractivity contribution in [3.05, 3.63) is 27.6 Å². The number of rotatable bonds is 4. The Kier molecular flexibility index (Phi) is 3.88. The van der Waals surface area contributed by atoms with Gasteiger partial charge in [0, 0.05) is 6.54 Å². The van der Waals surface area contributed by atoms with Crippen molar-refractivity contribution >= 4 is 21.6 Å². The summed E-state index contributed by atoms with van der Waals surface area (Å²) in [6, 6.07) is 1.86. The van der Waals surface area contributed by atoms with Gasteiger partial charge in [0.2, 0.25) is 0 Å². The van der Waals surface area contributed by atoms with Crippen LogP contribution >= 0.6 is 11.3 Å². The highest BCUT2D eigenvalue weighted by atomic mass is 32.1. The standard InChI is InChI=1S/C12H15N3O3S/c16-12-11-9(1-4-19-11)14-10(15-12)6-13-5-8-7-17-2-3-18-8/h1,4,8,13H,2-3,5-7H2,(H,14,15,16). The number of H-pyrrole nitrogens is 1. The Morgan fingerprint density at radius 3 is 3.32 bits per heavy atom. The SMILES string of the molecule is O=c1[nH]c(CNCC2COCCO2)nc2ccsc12. The molecule has 0 radical (unpaired) electrons. The van der Waals surface area contributed by atoms with E-state index in [0.717, 1.165) is 5.52 Å². The molecule has 3 rings (SSSR count). The highest BCUT2D eigenvalue weighted by molar-refractivity contribution is 7.17. The number of nitrogens with one attached hydrogen (secondary N) is 2. The van der Waals surface area contributed by atoms with Crippen LogP contribution in [0.4, 0.5) is 0 Å². The van der Waals surface area contributed by atoms with E-state index in [1.165, 1.54) is 11.3 Å². The summed E-state index contributed by atoms with van der Waals surface area (Å²) < 4.78 is 11.5. The molecule has 0 spiro atoms. The lowest BCUT2D eigenvalue weighted by molar-refractivity contribution is -0.0864. The smallest absolute Gasteiger partial charge is 0.268 e. The van der Waals surface area contributed by atoms with Crippen molar-refractivity contribution in [1.29, 1.82) is 0 Å². The van der Waals surface area contributed by atoms with Crippen LogP contribution in [0.25, 0.3) is 10.2 Å². The third-order valence-corrected chi connectivity index (χ3v) is 3.82. The van der Waals surface area contributed by atoms with Crippen molar-refractivity contribution in [3.63, 3.8) is 0 Å². The highest BCUT2D eigenvalue weighted by Gasteiger charge is 2.13. The first-order valence-corrected chi connectivity index (χ1v) is 7.07. The Balaban J connectivity index is 1.60. The average molecular weight is 281 g/mol. The monoisotopic (exact) mass is 281 g/mol.